The van der Waals surface area contributed by atoms with Gasteiger partial charge in [0, 0.05) is 31.6 Å². The highest BCUT2D eigenvalue weighted by Crippen LogP contribution is 2.33. The number of aromatic nitrogens is 6. The van der Waals surface area contributed by atoms with Crippen LogP contribution in [0.1, 0.15) is 47.3 Å². The minimum atomic E-state index is -0.643. The maximum atomic E-state index is 12.5. The molecule has 0 saturated heterocycles. The topological polar surface area (TPSA) is 128 Å². The Morgan fingerprint density at radius 2 is 2.13 bits per heavy atom. The van der Waals surface area contributed by atoms with Gasteiger partial charge in [-0.05, 0) is 31.4 Å². The van der Waals surface area contributed by atoms with Crippen molar-refractivity contribution in [1.82, 2.24) is 35.0 Å². The Morgan fingerprint density at radius 1 is 1.27 bits per heavy atom. The first-order valence-corrected chi connectivity index (χ1v) is 9.76. The molecule has 4 rings (SSSR count). The number of aliphatic hydroxyl groups excluding tert-OH is 1. The van der Waals surface area contributed by atoms with Gasteiger partial charge in [0.1, 0.15) is 18.1 Å². The van der Waals surface area contributed by atoms with Gasteiger partial charge in [0.25, 0.3) is 5.91 Å². The van der Waals surface area contributed by atoms with Crippen molar-refractivity contribution in [2.24, 2.45) is 0 Å². The van der Waals surface area contributed by atoms with Crippen LogP contribution < -0.4 is 5.32 Å². The summed E-state index contributed by atoms with van der Waals surface area (Å²) in [6, 6.07) is 3.32. The molecule has 10 heteroatoms. The number of hydrogen-bond acceptors (Lipinski definition) is 8. The molecule has 10 nitrogen and oxygen atoms in total. The Kier molecular flexibility index (Phi) is 6.05. The van der Waals surface area contributed by atoms with Gasteiger partial charge in [-0.2, -0.15) is 0 Å². The molecule has 3 heterocycles. The zero-order valence-corrected chi connectivity index (χ0v) is 16.5. The van der Waals surface area contributed by atoms with Crippen molar-refractivity contribution in [2.75, 3.05) is 7.11 Å². The lowest BCUT2D eigenvalue weighted by atomic mass is 9.83. The van der Waals surface area contributed by atoms with Gasteiger partial charge in [-0.3, -0.25) is 14.8 Å². The molecule has 2 N–H and O–H groups in total. The molecular weight excluding hydrogens is 386 g/mol. The fraction of sp³-hybridized carbons (Fsp3) is 0.400. The molecule has 1 fully saturated rings. The summed E-state index contributed by atoms with van der Waals surface area (Å²) in [5.41, 5.74) is 1.02. The average Bonchev–Trinajstić information content (AvgIpc) is 3.20. The van der Waals surface area contributed by atoms with Crippen molar-refractivity contribution in [1.29, 1.82) is 0 Å². The minimum absolute atomic E-state index is 0.00105. The van der Waals surface area contributed by atoms with Gasteiger partial charge in [-0.15, -0.1) is 5.10 Å². The number of hydrogen-bond donors (Lipinski definition) is 2. The zero-order valence-electron chi connectivity index (χ0n) is 16.5. The molecule has 0 aromatic carbocycles. The molecule has 3 aromatic rings. The van der Waals surface area contributed by atoms with Gasteiger partial charge in [-0.1, -0.05) is 0 Å². The van der Waals surface area contributed by atoms with Gasteiger partial charge in [0.05, 0.1) is 30.2 Å². The monoisotopic (exact) mass is 409 g/mol. The summed E-state index contributed by atoms with van der Waals surface area (Å²) in [6.45, 7) is 0.294. The number of rotatable bonds is 6. The summed E-state index contributed by atoms with van der Waals surface area (Å²) in [5, 5.41) is 17.9. The predicted octanol–water partition coefficient (Wildman–Crippen LogP) is 1.03. The Balaban J connectivity index is 1.57. The molecule has 1 saturated carbocycles. The van der Waals surface area contributed by atoms with E-state index in [1.54, 1.807) is 24.2 Å². The number of ether oxygens (including phenoxy) is 1. The SMILES string of the molecule is COCc1nc([C@H]2CC[C@@H](O)[C@H](NC(=O)c3cnccn3)C2)n(-c2cccnc2)n1. The molecule has 0 aliphatic heterocycles. The lowest BCUT2D eigenvalue weighted by Gasteiger charge is -2.33. The van der Waals surface area contributed by atoms with E-state index in [0.29, 0.717) is 25.3 Å². The van der Waals surface area contributed by atoms with Crippen molar-refractivity contribution < 1.29 is 14.6 Å². The van der Waals surface area contributed by atoms with E-state index < -0.39 is 12.1 Å². The second-order valence-corrected chi connectivity index (χ2v) is 7.19. The first-order chi connectivity index (χ1) is 14.7. The van der Waals surface area contributed by atoms with Gasteiger partial charge in [-0.25, -0.2) is 14.6 Å². The quantitative estimate of drug-likeness (QED) is 0.618. The van der Waals surface area contributed by atoms with Crippen LogP contribution in [-0.4, -0.2) is 60.0 Å². The number of amides is 1. The highest BCUT2D eigenvalue weighted by Gasteiger charge is 2.34. The van der Waals surface area contributed by atoms with Gasteiger partial charge in [0.2, 0.25) is 0 Å². The van der Waals surface area contributed by atoms with Gasteiger partial charge < -0.3 is 15.2 Å². The number of methoxy groups -OCH3 is 1. The van der Waals surface area contributed by atoms with E-state index >= 15 is 0 Å². The van der Waals surface area contributed by atoms with E-state index in [1.165, 1.54) is 18.6 Å². The van der Waals surface area contributed by atoms with Crippen LogP contribution in [0, 0.1) is 0 Å². The highest BCUT2D eigenvalue weighted by atomic mass is 16.5. The zero-order chi connectivity index (χ0) is 20.9. The first kappa shape index (κ1) is 20.0. The number of aliphatic hydroxyl groups is 1. The molecule has 1 aliphatic carbocycles. The average molecular weight is 409 g/mol. The van der Waals surface area contributed by atoms with E-state index in [9.17, 15) is 9.90 Å². The smallest absolute Gasteiger partial charge is 0.271 e. The lowest BCUT2D eigenvalue weighted by molar-refractivity contribution is 0.0667. The summed E-state index contributed by atoms with van der Waals surface area (Å²) < 4.78 is 6.96. The van der Waals surface area contributed by atoms with Crippen molar-refractivity contribution in [3.8, 4) is 5.69 Å². The van der Waals surface area contributed by atoms with Crippen LogP contribution in [0.5, 0.6) is 0 Å². The molecule has 156 valence electrons. The molecule has 0 radical (unpaired) electrons. The van der Waals surface area contributed by atoms with Crippen LogP contribution in [-0.2, 0) is 11.3 Å². The fourth-order valence-corrected chi connectivity index (χ4v) is 3.70. The normalized spacial score (nSPS) is 21.3. The molecule has 0 bridgehead atoms. The molecule has 1 aliphatic rings. The third-order valence-electron chi connectivity index (χ3n) is 5.13. The summed E-state index contributed by atoms with van der Waals surface area (Å²) >= 11 is 0. The van der Waals surface area contributed by atoms with Crippen molar-refractivity contribution in [3.63, 3.8) is 0 Å². The lowest BCUT2D eigenvalue weighted by Crippen LogP contribution is -2.47. The van der Waals surface area contributed by atoms with Crippen molar-refractivity contribution in [3.05, 3.63) is 60.5 Å². The number of carbonyl (C=O) groups is 1. The summed E-state index contributed by atoms with van der Waals surface area (Å²) in [7, 11) is 1.60. The number of carbonyl (C=O) groups excluding carboxylic acids is 1. The Labute approximate surface area is 173 Å². The van der Waals surface area contributed by atoms with Crippen LogP contribution >= 0.6 is 0 Å². The molecule has 0 unspecified atom stereocenters. The largest absolute Gasteiger partial charge is 0.391 e. The maximum absolute atomic E-state index is 12.5. The van der Waals surface area contributed by atoms with Crippen LogP contribution in [0.25, 0.3) is 5.69 Å². The molecule has 3 atom stereocenters. The predicted molar refractivity (Wildman–Crippen MR) is 106 cm³/mol. The summed E-state index contributed by atoms with van der Waals surface area (Å²) in [5.74, 6) is 0.976. The third kappa shape index (κ3) is 4.34. The van der Waals surface area contributed by atoms with Gasteiger partial charge in [0.15, 0.2) is 5.82 Å². The van der Waals surface area contributed by atoms with E-state index in [4.69, 9.17) is 4.74 Å². The second kappa shape index (κ2) is 9.06. The maximum Gasteiger partial charge on any atom is 0.271 e. The molecule has 0 spiro atoms. The Morgan fingerprint density at radius 3 is 2.87 bits per heavy atom. The summed E-state index contributed by atoms with van der Waals surface area (Å²) in [6.07, 6.45) is 8.93. The highest BCUT2D eigenvalue weighted by molar-refractivity contribution is 5.92. The molecule has 1 amide bonds. The molecule has 30 heavy (non-hydrogen) atoms. The fourth-order valence-electron chi connectivity index (χ4n) is 3.70. The Bertz CT molecular complexity index is 981. The molecule has 3 aromatic heterocycles. The van der Waals surface area contributed by atoms with E-state index in [2.05, 4.69) is 30.4 Å². The van der Waals surface area contributed by atoms with Gasteiger partial charge >= 0.3 is 0 Å². The first-order valence-electron chi connectivity index (χ1n) is 9.76. The number of nitrogens with one attached hydrogen (secondary N) is 1. The number of nitrogens with zero attached hydrogens (tertiary/aromatic N) is 6. The van der Waals surface area contributed by atoms with Crippen LogP contribution in [0.15, 0.2) is 43.1 Å². The third-order valence-corrected chi connectivity index (χ3v) is 5.13. The number of pyridine rings is 1. The second-order valence-electron chi connectivity index (χ2n) is 7.19. The standard InChI is InChI=1S/C20H23N7O3/c1-30-12-18-25-19(27(26-18)14-3-2-6-21-10-14)13-4-5-17(28)15(9-13)24-20(29)16-11-22-7-8-23-16/h2-3,6-8,10-11,13,15,17,28H,4-5,9,12H2,1H3,(H,24,29)/t13-,15+,17+/m0/s1. The van der Waals surface area contributed by atoms with Crippen LogP contribution in [0.3, 0.4) is 0 Å². The van der Waals surface area contributed by atoms with E-state index in [1.807, 2.05) is 12.1 Å². The van der Waals surface area contributed by atoms with E-state index in [0.717, 1.165) is 17.9 Å². The minimum Gasteiger partial charge on any atom is -0.391 e. The summed E-state index contributed by atoms with van der Waals surface area (Å²) in [4.78, 5) is 29.3. The van der Waals surface area contributed by atoms with E-state index in [-0.39, 0.29) is 17.5 Å². The van der Waals surface area contributed by atoms with Crippen molar-refractivity contribution >= 4 is 5.91 Å². The van der Waals surface area contributed by atoms with Crippen molar-refractivity contribution in [2.45, 2.75) is 43.9 Å². The molecular formula is C20H23N7O3. The van der Waals surface area contributed by atoms with Crippen LogP contribution in [0.2, 0.25) is 0 Å². The van der Waals surface area contributed by atoms with Crippen LogP contribution in [0.4, 0.5) is 0 Å². The Hall–Kier alpha value is -3.24.